The summed E-state index contributed by atoms with van der Waals surface area (Å²) in [6.07, 6.45) is 1.63. The lowest BCUT2D eigenvalue weighted by atomic mass is 10.3. The zero-order chi connectivity index (χ0) is 12.4. The summed E-state index contributed by atoms with van der Waals surface area (Å²) in [4.78, 5) is 4.06. The molecule has 2 aromatic rings. The number of benzene rings is 1. The molecule has 0 fully saturated rings. The molecule has 0 bridgehead atoms. The van der Waals surface area contributed by atoms with E-state index in [1.165, 1.54) is 12.1 Å². The fraction of sp³-hybridized carbons (Fsp3) is 0.0833. The van der Waals surface area contributed by atoms with E-state index in [2.05, 4.69) is 20.9 Å². The van der Waals surface area contributed by atoms with Gasteiger partial charge in [-0.2, -0.15) is 0 Å². The van der Waals surface area contributed by atoms with Crippen LogP contribution in [0.2, 0.25) is 0 Å². The normalized spacial score (nSPS) is 10.3. The Morgan fingerprint density at radius 1 is 1.35 bits per heavy atom. The van der Waals surface area contributed by atoms with Crippen molar-refractivity contribution in [1.82, 2.24) is 4.98 Å². The maximum absolute atomic E-state index is 13.2. The van der Waals surface area contributed by atoms with Gasteiger partial charge in [-0.05, 0) is 46.6 Å². The average molecular weight is 297 g/mol. The van der Waals surface area contributed by atoms with Gasteiger partial charge in [0, 0.05) is 12.3 Å². The lowest BCUT2D eigenvalue weighted by Gasteiger charge is -2.08. The van der Waals surface area contributed by atoms with Crippen LogP contribution in [0.25, 0.3) is 0 Å². The van der Waals surface area contributed by atoms with Crippen molar-refractivity contribution >= 4 is 21.6 Å². The Hall–Kier alpha value is -1.62. The highest BCUT2D eigenvalue weighted by atomic mass is 79.9. The molecule has 1 heterocycles. The second-order valence-corrected chi connectivity index (χ2v) is 4.33. The Kier molecular flexibility index (Phi) is 3.28. The molecule has 1 aromatic carbocycles. The van der Waals surface area contributed by atoms with Gasteiger partial charge < -0.3 is 10.5 Å². The summed E-state index contributed by atoms with van der Waals surface area (Å²) in [5.74, 6) is 0.246. The van der Waals surface area contributed by atoms with E-state index in [-0.39, 0.29) is 5.69 Å². The first kappa shape index (κ1) is 11.9. The highest BCUT2D eigenvalue weighted by molar-refractivity contribution is 9.10. The number of hydrogen-bond acceptors (Lipinski definition) is 3. The highest BCUT2D eigenvalue weighted by Crippen LogP contribution is 2.30. The zero-order valence-electron chi connectivity index (χ0n) is 9.08. The van der Waals surface area contributed by atoms with Crippen LogP contribution in [0.4, 0.5) is 10.1 Å². The molecule has 17 heavy (non-hydrogen) atoms. The van der Waals surface area contributed by atoms with Crippen LogP contribution in [0.15, 0.2) is 34.9 Å². The van der Waals surface area contributed by atoms with Crippen molar-refractivity contribution in [2.75, 3.05) is 5.73 Å². The number of nitrogen functional groups attached to an aromatic ring is 1. The summed E-state index contributed by atoms with van der Waals surface area (Å²) in [7, 11) is 0. The Morgan fingerprint density at radius 2 is 2.12 bits per heavy atom. The number of ether oxygens (including phenoxy) is 1. The van der Waals surface area contributed by atoms with Crippen LogP contribution < -0.4 is 10.5 Å². The number of aryl methyl sites for hydroxylation is 1. The maximum atomic E-state index is 13.2. The predicted molar refractivity (Wildman–Crippen MR) is 67.6 cm³/mol. The molecule has 2 N–H and O–H groups in total. The molecule has 88 valence electrons. The van der Waals surface area contributed by atoms with Gasteiger partial charge >= 0.3 is 0 Å². The van der Waals surface area contributed by atoms with E-state index in [1.54, 1.807) is 12.3 Å². The van der Waals surface area contributed by atoms with Crippen molar-refractivity contribution in [3.63, 3.8) is 0 Å². The molecule has 0 aliphatic heterocycles. The van der Waals surface area contributed by atoms with Gasteiger partial charge in [0.2, 0.25) is 5.88 Å². The SMILES string of the molecule is Cc1ccnc(Oc2ccc(N)c(F)c2)c1Br. The van der Waals surface area contributed by atoms with Crippen LogP contribution in [0, 0.1) is 12.7 Å². The third-order valence-electron chi connectivity index (χ3n) is 2.24. The van der Waals surface area contributed by atoms with Crippen LogP contribution >= 0.6 is 15.9 Å². The average Bonchev–Trinajstić information content (AvgIpc) is 2.30. The number of rotatable bonds is 2. The fourth-order valence-electron chi connectivity index (χ4n) is 1.27. The minimum absolute atomic E-state index is 0.0913. The number of anilines is 1. The van der Waals surface area contributed by atoms with Crippen molar-refractivity contribution in [2.24, 2.45) is 0 Å². The Balaban J connectivity index is 2.31. The number of hydrogen-bond donors (Lipinski definition) is 1. The fourth-order valence-corrected chi connectivity index (χ4v) is 1.58. The van der Waals surface area contributed by atoms with Gasteiger partial charge in [0.15, 0.2) is 0 Å². The topological polar surface area (TPSA) is 48.1 Å². The molecule has 0 atom stereocenters. The molecule has 1 aromatic heterocycles. The Morgan fingerprint density at radius 3 is 2.82 bits per heavy atom. The van der Waals surface area contributed by atoms with Crippen molar-refractivity contribution in [1.29, 1.82) is 0 Å². The van der Waals surface area contributed by atoms with Gasteiger partial charge in [0.05, 0.1) is 10.2 Å². The zero-order valence-corrected chi connectivity index (χ0v) is 10.7. The van der Waals surface area contributed by atoms with Crippen LogP contribution in [-0.2, 0) is 0 Å². The molecule has 0 unspecified atom stereocenters. The van der Waals surface area contributed by atoms with Gasteiger partial charge in [-0.15, -0.1) is 0 Å². The molecule has 5 heteroatoms. The molecule has 3 nitrogen and oxygen atoms in total. The van der Waals surface area contributed by atoms with Gasteiger partial charge in [-0.1, -0.05) is 0 Å². The second-order valence-electron chi connectivity index (χ2n) is 3.53. The van der Waals surface area contributed by atoms with Gasteiger partial charge in [-0.25, -0.2) is 9.37 Å². The summed E-state index contributed by atoms with van der Waals surface area (Å²) < 4.78 is 19.4. The lowest BCUT2D eigenvalue weighted by Crippen LogP contribution is -1.94. The minimum atomic E-state index is -0.508. The smallest absolute Gasteiger partial charge is 0.233 e. The number of aromatic nitrogens is 1. The minimum Gasteiger partial charge on any atom is -0.438 e. The summed E-state index contributed by atoms with van der Waals surface area (Å²) in [6, 6.07) is 6.12. The number of pyridine rings is 1. The molecular formula is C12H10BrFN2O. The summed E-state index contributed by atoms with van der Waals surface area (Å²) in [5, 5.41) is 0. The van der Waals surface area contributed by atoms with E-state index in [0.717, 1.165) is 10.0 Å². The molecule has 0 saturated carbocycles. The van der Waals surface area contributed by atoms with Crippen molar-refractivity contribution in [2.45, 2.75) is 6.92 Å². The molecule has 0 amide bonds. The van der Waals surface area contributed by atoms with Crippen LogP contribution in [0.5, 0.6) is 11.6 Å². The second kappa shape index (κ2) is 4.71. The molecular weight excluding hydrogens is 287 g/mol. The first-order valence-electron chi connectivity index (χ1n) is 4.92. The van der Waals surface area contributed by atoms with Gasteiger partial charge in [-0.3, -0.25) is 0 Å². The number of halogens is 2. The van der Waals surface area contributed by atoms with E-state index in [1.807, 2.05) is 13.0 Å². The first-order valence-corrected chi connectivity index (χ1v) is 5.71. The molecule has 0 aliphatic carbocycles. The third-order valence-corrected chi connectivity index (χ3v) is 3.20. The van der Waals surface area contributed by atoms with E-state index >= 15 is 0 Å². The molecule has 0 radical (unpaired) electrons. The first-order chi connectivity index (χ1) is 8.08. The van der Waals surface area contributed by atoms with E-state index in [9.17, 15) is 4.39 Å². The highest BCUT2D eigenvalue weighted by Gasteiger charge is 2.08. The van der Waals surface area contributed by atoms with Gasteiger partial charge in [0.25, 0.3) is 0 Å². The van der Waals surface area contributed by atoms with Crippen molar-refractivity contribution in [3.8, 4) is 11.6 Å². The largest absolute Gasteiger partial charge is 0.438 e. The number of nitrogens with two attached hydrogens (primary N) is 1. The van der Waals surface area contributed by atoms with Crippen molar-refractivity contribution < 1.29 is 9.13 Å². The van der Waals surface area contributed by atoms with Crippen LogP contribution in [-0.4, -0.2) is 4.98 Å². The third kappa shape index (κ3) is 2.55. The van der Waals surface area contributed by atoms with E-state index in [4.69, 9.17) is 10.5 Å². The standard InChI is InChI=1S/C12H10BrFN2O/c1-7-4-5-16-12(11(7)13)17-8-2-3-10(15)9(14)6-8/h2-6H,15H2,1H3. The maximum Gasteiger partial charge on any atom is 0.233 e. The molecule has 2 rings (SSSR count). The Labute approximate surface area is 107 Å². The van der Waals surface area contributed by atoms with Crippen molar-refractivity contribution in [3.05, 3.63) is 46.3 Å². The molecule has 0 aliphatic rings. The molecule has 0 saturated heterocycles. The predicted octanol–water partition coefficient (Wildman–Crippen LogP) is 3.67. The quantitative estimate of drug-likeness (QED) is 0.860. The summed E-state index contributed by atoms with van der Waals surface area (Å²) in [6.45, 7) is 1.92. The van der Waals surface area contributed by atoms with Crippen LogP contribution in [0.3, 0.4) is 0 Å². The summed E-state index contributed by atoms with van der Waals surface area (Å²) >= 11 is 3.36. The Bertz CT molecular complexity index is 560. The molecule has 0 spiro atoms. The summed E-state index contributed by atoms with van der Waals surface area (Å²) in [5.41, 5.74) is 6.46. The number of nitrogens with zero attached hydrogens (tertiary/aromatic N) is 1. The van der Waals surface area contributed by atoms with Gasteiger partial charge in [0.1, 0.15) is 11.6 Å². The van der Waals surface area contributed by atoms with E-state index < -0.39 is 5.82 Å². The van der Waals surface area contributed by atoms with E-state index in [0.29, 0.717) is 11.6 Å². The monoisotopic (exact) mass is 296 g/mol. The lowest BCUT2D eigenvalue weighted by molar-refractivity contribution is 0.455. The van der Waals surface area contributed by atoms with Crippen LogP contribution in [0.1, 0.15) is 5.56 Å².